The number of aryl methyl sites for hydroxylation is 2. The second-order valence-corrected chi connectivity index (χ2v) is 6.86. The van der Waals surface area contributed by atoms with Gasteiger partial charge in [0.1, 0.15) is 10.8 Å². The van der Waals surface area contributed by atoms with Gasteiger partial charge in [-0.05, 0) is 30.5 Å². The molecule has 3 aromatic rings. The van der Waals surface area contributed by atoms with E-state index in [0.29, 0.717) is 24.6 Å². The van der Waals surface area contributed by atoms with Crippen LogP contribution in [0.1, 0.15) is 23.4 Å². The molecule has 0 aliphatic heterocycles. The van der Waals surface area contributed by atoms with E-state index in [1.165, 1.54) is 16.9 Å². The molecule has 134 valence electrons. The van der Waals surface area contributed by atoms with Crippen molar-refractivity contribution < 1.29 is 9.53 Å². The van der Waals surface area contributed by atoms with Crippen molar-refractivity contribution in [2.75, 3.05) is 11.9 Å². The number of amides is 1. The molecule has 1 amide bonds. The molecule has 1 N–H and O–H groups in total. The summed E-state index contributed by atoms with van der Waals surface area (Å²) in [4.78, 5) is 12.0. The maximum atomic E-state index is 12.0. The summed E-state index contributed by atoms with van der Waals surface area (Å²) in [5.74, 6) is 0.757. The molecule has 0 radical (unpaired) electrons. The second-order valence-electron chi connectivity index (χ2n) is 5.80. The second kappa shape index (κ2) is 9.68. The summed E-state index contributed by atoms with van der Waals surface area (Å²) in [6.07, 6.45) is 2.79. The van der Waals surface area contributed by atoms with E-state index in [0.717, 1.165) is 23.6 Å². The molecule has 0 bridgehead atoms. The summed E-state index contributed by atoms with van der Waals surface area (Å²) in [7, 11) is 0. The number of aromatic nitrogens is 2. The smallest absolute Gasteiger partial charge is 0.226 e. The van der Waals surface area contributed by atoms with Crippen LogP contribution in [0.15, 0.2) is 60.7 Å². The molecule has 0 saturated carbocycles. The van der Waals surface area contributed by atoms with Crippen LogP contribution in [-0.2, 0) is 17.6 Å². The topological polar surface area (TPSA) is 64.1 Å². The number of hydrogen-bond donors (Lipinski definition) is 1. The minimum Gasteiger partial charge on any atom is -0.494 e. The van der Waals surface area contributed by atoms with Gasteiger partial charge in [-0.15, -0.1) is 10.2 Å². The molecule has 1 aromatic heterocycles. The van der Waals surface area contributed by atoms with E-state index in [9.17, 15) is 4.79 Å². The Bertz CT molecular complexity index is 806. The lowest BCUT2D eigenvalue weighted by molar-refractivity contribution is -0.116. The Morgan fingerprint density at radius 3 is 2.46 bits per heavy atom. The van der Waals surface area contributed by atoms with Crippen LogP contribution in [0.4, 0.5) is 5.13 Å². The molecule has 6 heteroatoms. The molecule has 0 unspecified atom stereocenters. The first-order valence-corrected chi connectivity index (χ1v) is 9.45. The molecular formula is C20H21N3O2S. The number of ether oxygens (including phenoxy) is 1. The van der Waals surface area contributed by atoms with Gasteiger partial charge in [0.15, 0.2) is 0 Å². The minimum atomic E-state index is -0.0626. The maximum Gasteiger partial charge on any atom is 0.226 e. The third-order valence-electron chi connectivity index (χ3n) is 3.74. The third-order valence-corrected chi connectivity index (χ3v) is 4.64. The van der Waals surface area contributed by atoms with Gasteiger partial charge in [-0.3, -0.25) is 4.79 Å². The lowest BCUT2D eigenvalue weighted by Crippen LogP contribution is -2.12. The predicted octanol–water partition coefficient (Wildman–Crippen LogP) is 4.12. The molecule has 0 aliphatic rings. The van der Waals surface area contributed by atoms with E-state index in [1.807, 2.05) is 48.5 Å². The number of carbonyl (C=O) groups is 1. The number of para-hydroxylation sites is 1. The fourth-order valence-corrected chi connectivity index (χ4v) is 3.18. The van der Waals surface area contributed by atoms with Crippen molar-refractivity contribution >= 4 is 22.4 Å². The lowest BCUT2D eigenvalue weighted by atomic mass is 10.1. The van der Waals surface area contributed by atoms with Crippen LogP contribution in [0.5, 0.6) is 5.75 Å². The van der Waals surface area contributed by atoms with E-state index in [2.05, 4.69) is 27.6 Å². The molecule has 5 nitrogen and oxygen atoms in total. The number of nitrogens with one attached hydrogen (secondary N) is 1. The molecule has 2 aromatic carbocycles. The number of carbonyl (C=O) groups excluding carboxylic acids is 1. The summed E-state index contributed by atoms with van der Waals surface area (Å²) >= 11 is 1.43. The van der Waals surface area contributed by atoms with Gasteiger partial charge in [0, 0.05) is 12.8 Å². The lowest BCUT2D eigenvalue weighted by Gasteiger charge is -2.05. The number of anilines is 1. The van der Waals surface area contributed by atoms with Crippen molar-refractivity contribution in [2.24, 2.45) is 0 Å². The van der Waals surface area contributed by atoms with Gasteiger partial charge in [0.05, 0.1) is 6.61 Å². The Kier molecular flexibility index (Phi) is 6.73. The zero-order chi connectivity index (χ0) is 18.0. The fourth-order valence-electron chi connectivity index (χ4n) is 2.42. The normalized spacial score (nSPS) is 10.5. The molecule has 1 heterocycles. The molecule has 0 aliphatic carbocycles. The predicted molar refractivity (Wildman–Crippen MR) is 104 cm³/mol. The quantitative estimate of drug-likeness (QED) is 0.578. The molecule has 0 spiro atoms. The van der Waals surface area contributed by atoms with E-state index in [-0.39, 0.29) is 5.91 Å². The highest BCUT2D eigenvalue weighted by Crippen LogP contribution is 2.17. The Hall–Kier alpha value is -2.73. The summed E-state index contributed by atoms with van der Waals surface area (Å²) in [6, 6.07) is 19.9. The van der Waals surface area contributed by atoms with Crippen molar-refractivity contribution in [3.8, 4) is 5.75 Å². The maximum absolute atomic E-state index is 12.0. The van der Waals surface area contributed by atoms with Crippen LogP contribution in [-0.4, -0.2) is 22.7 Å². The van der Waals surface area contributed by atoms with Gasteiger partial charge in [0.2, 0.25) is 11.0 Å². The van der Waals surface area contributed by atoms with E-state index in [4.69, 9.17) is 4.74 Å². The van der Waals surface area contributed by atoms with Gasteiger partial charge in [-0.1, -0.05) is 59.9 Å². The number of nitrogens with zero attached hydrogens (tertiary/aromatic N) is 2. The highest BCUT2D eigenvalue weighted by atomic mass is 32.1. The van der Waals surface area contributed by atoms with Crippen LogP contribution in [0.3, 0.4) is 0 Å². The van der Waals surface area contributed by atoms with E-state index in [1.54, 1.807) is 0 Å². The number of rotatable bonds is 9. The van der Waals surface area contributed by atoms with Crippen molar-refractivity contribution in [1.29, 1.82) is 0 Å². The number of benzene rings is 2. The van der Waals surface area contributed by atoms with Gasteiger partial charge in [0.25, 0.3) is 0 Å². The van der Waals surface area contributed by atoms with E-state index >= 15 is 0 Å². The molecule has 3 rings (SSSR count). The zero-order valence-electron chi connectivity index (χ0n) is 14.4. The first-order chi connectivity index (χ1) is 12.8. The average Bonchev–Trinajstić information content (AvgIpc) is 3.12. The minimum absolute atomic E-state index is 0.0626. The SMILES string of the molecule is O=C(CCCOc1ccccc1)Nc1nnc(CCc2ccccc2)s1. The molecule has 0 atom stereocenters. The standard InChI is InChI=1S/C20H21N3O2S/c24-18(12-7-15-25-17-10-5-2-6-11-17)21-20-23-22-19(26-20)14-13-16-8-3-1-4-9-16/h1-6,8-11H,7,12-15H2,(H,21,23,24). The highest BCUT2D eigenvalue weighted by Gasteiger charge is 2.08. The third kappa shape index (κ3) is 5.97. The van der Waals surface area contributed by atoms with Gasteiger partial charge in [-0.2, -0.15) is 0 Å². The first-order valence-electron chi connectivity index (χ1n) is 8.63. The molecule has 0 saturated heterocycles. The van der Waals surface area contributed by atoms with Crippen LogP contribution in [0, 0.1) is 0 Å². The summed E-state index contributed by atoms with van der Waals surface area (Å²) in [5.41, 5.74) is 1.27. The molecule has 0 fully saturated rings. The Balaban J connectivity index is 1.36. The summed E-state index contributed by atoms with van der Waals surface area (Å²) in [5, 5.41) is 12.5. The van der Waals surface area contributed by atoms with Crippen molar-refractivity contribution in [3.63, 3.8) is 0 Å². The van der Waals surface area contributed by atoms with Crippen LogP contribution >= 0.6 is 11.3 Å². The van der Waals surface area contributed by atoms with Gasteiger partial charge >= 0.3 is 0 Å². The van der Waals surface area contributed by atoms with E-state index < -0.39 is 0 Å². The highest BCUT2D eigenvalue weighted by molar-refractivity contribution is 7.15. The first kappa shape index (κ1) is 18.1. The van der Waals surface area contributed by atoms with Gasteiger partial charge in [-0.25, -0.2) is 0 Å². The van der Waals surface area contributed by atoms with Gasteiger partial charge < -0.3 is 10.1 Å². The Labute approximate surface area is 157 Å². The average molecular weight is 367 g/mol. The summed E-state index contributed by atoms with van der Waals surface area (Å²) in [6.45, 7) is 0.510. The van der Waals surface area contributed by atoms with Crippen molar-refractivity contribution in [3.05, 3.63) is 71.2 Å². The zero-order valence-corrected chi connectivity index (χ0v) is 15.2. The molecular weight excluding hydrogens is 346 g/mol. The van der Waals surface area contributed by atoms with Crippen LogP contribution < -0.4 is 10.1 Å². The monoisotopic (exact) mass is 367 g/mol. The van der Waals surface area contributed by atoms with Crippen LogP contribution in [0.25, 0.3) is 0 Å². The van der Waals surface area contributed by atoms with Crippen LogP contribution in [0.2, 0.25) is 0 Å². The fraction of sp³-hybridized carbons (Fsp3) is 0.250. The Morgan fingerprint density at radius 2 is 1.69 bits per heavy atom. The van der Waals surface area contributed by atoms with Crippen molar-refractivity contribution in [1.82, 2.24) is 10.2 Å². The summed E-state index contributed by atoms with van der Waals surface area (Å²) < 4.78 is 5.58. The molecule has 26 heavy (non-hydrogen) atoms. The van der Waals surface area contributed by atoms with Crippen molar-refractivity contribution in [2.45, 2.75) is 25.7 Å². The largest absolute Gasteiger partial charge is 0.494 e. The number of hydrogen-bond acceptors (Lipinski definition) is 5. The Morgan fingerprint density at radius 1 is 0.962 bits per heavy atom.